The molecule has 3 aromatic heterocycles. The van der Waals surface area contributed by atoms with Crippen LogP contribution in [0.2, 0.25) is 0 Å². The molecule has 0 saturated carbocycles. The summed E-state index contributed by atoms with van der Waals surface area (Å²) in [5.74, 6) is 0. The molecule has 13 aromatic rings. The van der Waals surface area contributed by atoms with Gasteiger partial charge in [0.25, 0.3) is 0 Å². The van der Waals surface area contributed by atoms with Gasteiger partial charge in [0.05, 0.1) is 22.1 Å². The SMILES string of the molecule is C1=CCCC(c2ccc3c4c5sc6ccc(N(c7ccc(-c8ccccc8)cc7)c7ccc8c(c7)C(c7ccccc7)(c7ccccc7)c7ccccc7-8)cc6c5c(-c5ccccn5)cc4n(-c4ccccc4)c3c2)=C1. The van der Waals surface area contributed by atoms with E-state index in [1.807, 2.05) is 23.6 Å². The number of anilines is 3. The maximum Gasteiger partial charge on any atom is 0.0714 e. The molecule has 10 aromatic carbocycles. The highest BCUT2D eigenvalue weighted by atomic mass is 32.1. The van der Waals surface area contributed by atoms with E-state index in [0.29, 0.717) is 0 Å². The van der Waals surface area contributed by atoms with Crippen molar-refractivity contribution >= 4 is 76.0 Å². The van der Waals surface area contributed by atoms with Crippen LogP contribution in [0, 0.1) is 0 Å². The predicted octanol–water partition coefficient (Wildman–Crippen LogP) is 19.4. The van der Waals surface area contributed by atoms with Crippen molar-refractivity contribution in [1.82, 2.24) is 9.55 Å². The quantitative estimate of drug-likeness (QED) is 0.144. The number of thiophene rings is 1. The number of allylic oxidation sites excluding steroid dienone is 4. The van der Waals surface area contributed by atoms with E-state index in [9.17, 15) is 0 Å². The third-order valence-electron chi connectivity index (χ3n) is 16.0. The molecule has 0 fully saturated rings. The van der Waals surface area contributed by atoms with Crippen LogP contribution in [-0.4, -0.2) is 9.55 Å². The van der Waals surface area contributed by atoms with Gasteiger partial charge in [0, 0.05) is 65.5 Å². The van der Waals surface area contributed by atoms with Gasteiger partial charge in [-0.05, 0) is 147 Å². The Morgan fingerprint density at radius 1 is 0.461 bits per heavy atom. The fourth-order valence-electron chi connectivity index (χ4n) is 12.6. The first-order valence-corrected chi connectivity index (χ1v) is 27.1. The third-order valence-corrected chi connectivity index (χ3v) is 17.2. The zero-order chi connectivity index (χ0) is 50.2. The highest BCUT2D eigenvalue weighted by molar-refractivity contribution is 7.27. The number of pyridine rings is 1. The molecule has 0 N–H and O–H groups in total. The molecular weight excluding hydrogens is 939 g/mol. The summed E-state index contributed by atoms with van der Waals surface area (Å²) in [4.78, 5) is 7.57. The molecule has 15 rings (SSSR count). The highest BCUT2D eigenvalue weighted by Gasteiger charge is 2.46. The van der Waals surface area contributed by atoms with Gasteiger partial charge in [-0.25, -0.2) is 0 Å². The lowest BCUT2D eigenvalue weighted by molar-refractivity contribution is 0.768. The van der Waals surface area contributed by atoms with Crippen LogP contribution >= 0.6 is 11.3 Å². The fourth-order valence-corrected chi connectivity index (χ4v) is 13.9. The first-order valence-electron chi connectivity index (χ1n) is 26.3. The van der Waals surface area contributed by atoms with Crippen LogP contribution in [0.1, 0.15) is 40.7 Å². The molecule has 358 valence electrons. The van der Waals surface area contributed by atoms with Crippen molar-refractivity contribution in [3.05, 3.63) is 301 Å². The first kappa shape index (κ1) is 44.2. The van der Waals surface area contributed by atoms with Gasteiger partial charge >= 0.3 is 0 Å². The fraction of sp³-hybridized carbons (Fsp3) is 0.0417. The lowest BCUT2D eigenvalue weighted by Crippen LogP contribution is -2.28. The van der Waals surface area contributed by atoms with Crippen molar-refractivity contribution in [1.29, 1.82) is 0 Å². The lowest BCUT2D eigenvalue weighted by atomic mass is 9.67. The summed E-state index contributed by atoms with van der Waals surface area (Å²) in [7, 11) is 0. The number of hydrogen-bond donors (Lipinski definition) is 0. The van der Waals surface area contributed by atoms with Crippen LogP contribution < -0.4 is 4.90 Å². The van der Waals surface area contributed by atoms with Gasteiger partial charge in [-0.1, -0.05) is 188 Å². The van der Waals surface area contributed by atoms with E-state index in [4.69, 9.17) is 4.98 Å². The number of fused-ring (bicyclic) bond motifs is 10. The molecule has 2 aliphatic rings. The molecular formula is C72H49N3S. The second-order valence-electron chi connectivity index (χ2n) is 20.1. The van der Waals surface area contributed by atoms with Crippen molar-refractivity contribution in [2.24, 2.45) is 0 Å². The minimum atomic E-state index is -0.548. The van der Waals surface area contributed by atoms with E-state index in [1.54, 1.807) is 0 Å². The number of aromatic nitrogens is 2. The van der Waals surface area contributed by atoms with Crippen molar-refractivity contribution < 1.29 is 0 Å². The molecule has 76 heavy (non-hydrogen) atoms. The number of nitrogens with zero attached hydrogens (tertiary/aromatic N) is 3. The summed E-state index contributed by atoms with van der Waals surface area (Å²) in [6, 6.07) is 92.0. The summed E-state index contributed by atoms with van der Waals surface area (Å²) in [5, 5.41) is 4.95. The minimum absolute atomic E-state index is 0.548. The Hall–Kier alpha value is -9.35. The molecule has 3 heterocycles. The minimum Gasteiger partial charge on any atom is -0.310 e. The Morgan fingerprint density at radius 3 is 1.84 bits per heavy atom. The maximum absolute atomic E-state index is 5.09. The van der Waals surface area contributed by atoms with E-state index >= 15 is 0 Å². The molecule has 0 bridgehead atoms. The Labute approximate surface area is 446 Å². The largest absolute Gasteiger partial charge is 0.310 e. The summed E-state index contributed by atoms with van der Waals surface area (Å²) < 4.78 is 4.98. The molecule has 0 spiro atoms. The van der Waals surface area contributed by atoms with Crippen molar-refractivity contribution in [3.63, 3.8) is 0 Å². The number of hydrogen-bond acceptors (Lipinski definition) is 3. The van der Waals surface area contributed by atoms with Crippen LogP contribution in [0.5, 0.6) is 0 Å². The molecule has 0 radical (unpaired) electrons. The normalized spacial score (nSPS) is 13.6. The average Bonchev–Trinajstić information content (AvgIpc) is 4.19. The van der Waals surface area contributed by atoms with Crippen molar-refractivity contribution in [2.45, 2.75) is 18.3 Å². The van der Waals surface area contributed by atoms with Crippen LogP contribution in [-0.2, 0) is 5.41 Å². The predicted molar refractivity (Wildman–Crippen MR) is 321 cm³/mol. The van der Waals surface area contributed by atoms with E-state index < -0.39 is 5.41 Å². The second kappa shape index (κ2) is 17.9. The van der Waals surface area contributed by atoms with Crippen molar-refractivity contribution in [2.75, 3.05) is 4.90 Å². The third kappa shape index (κ3) is 6.91. The van der Waals surface area contributed by atoms with Gasteiger partial charge < -0.3 is 9.47 Å². The Balaban J connectivity index is 0.997. The van der Waals surface area contributed by atoms with E-state index in [1.165, 1.54) is 97.6 Å². The smallest absolute Gasteiger partial charge is 0.0714 e. The van der Waals surface area contributed by atoms with Crippen molar-refractivity contribution in [3.8, 4) is 39.2 Å². The van der Waals surface area contributed by atoms with E-state index in [-0.39, 0.29) is 0 Å². The monoisotopic (exact) mass is 987 g/mol. The molecule has 0 atom stereocenters. The van der Waals surface area contributed by atoms with E-state index in [0.717, 1.165) is 46.8 Å². The molecule has 0 amide bonds. The number of rotatable bonds is 9. The van der Waals surface area contributed by atoms with Crippen LogP contribution in [0.25, 0.3) is 86.7 Å². The van der Waals surface area contributed by atoms with Gasteiger partial charge in [0.2, 0.25) is 0 Å². The molecule has 0 aliphatic heterocycles. The molecule has 3 nitrogen and oxygen atoms in total. The van der Waals surface area contributed by atoms with Gasteiger partial charge in [0.1, 0.15) is 0 Å². The van der Waals surface area contributed by atoms with Gasteiger partial charge in [-0.2, -0.15) is 0 Å². The summed E-state index contributed by atoms with van der Waals surface area (Å²) in [6.45, 7) is 0. The lowest BCUT2D eigenvalue weighted by Gasteiger charge is -2.35. The zero-order valence-electron chi connectivity index (χ0n) is 41.6. The highest BCUT2D eigenvalue weighted by Crippen LogP contribution is 2.58. The molecule has 0 saturated heterocycles. The molecule has 0 unspecified atom stereocenters. The van der Waals surface area contributed by atoms with Crippen LogP contribution in [0.3, 0.4) is 0 Å². The van der Waals surface area contributed by atoms with Crippen LogP contribution in [0.4, 0.5) is 17.1 Å². The van der Waals surface area contributed by atoms with Crippen LogP contribution in [0.15, 0.2) is 273 Å². The topological polar surface area (TPSA) is 21.1 Å². The number of para-hydroxylation sites is 1. The average molecular weight is 988 g/mol. The standard InChI is InChI=1S/C72H49N3S/c1-6-20-48(21-7-1)50-33-36-55(37-34-50)74(57-38-41-59-58-30-16-17-31-63(58)72(64(59)46-57,52-24-10-3-11-25-52)53-26-12-4-13-27-53)56-39-42-68-62(45-56)69-61(65-32-18-19-43-73-65)47-67-70(71(69)76-68)60-40-35-51(49-22-8-2-9-23-49)44-66(60)75(67)54-28-14-5-15-29-54/h1-8,10-22,24-47H,9,23H2. The Kier molecular flexibility index (Phi) is 10.4. The van der Waals surface area contributed by atoms with Gasteiger partial charge in [-0.15, -0.1) is 11.3 Å². The van der Waals surface area contributed by atoms with E-state index in [2.05, 4.69) is 270 Å². The number of benzene rings is 10. The molecule has 2 aliphatic carbocycles. The summed E-state index contributed by atoms with van der Waals surface area (Å²) in [5.41, 5.74) is 20.9. The Morgan fingerprint density at radius 2 is 1.11 bits per heavy atom. The summed E-state index contributed by atoms with van der Waals surface area (Å²) in [6.07, 6.45) is 10.8. The summed E-state index contributed by atoms with van der Waals surface area (Å²) >= 11 is 1.89. The van der Waals surface area contributed by atoms with Gasteiger partial charge in [0.15, 0.2) is 0 Å². The van der Waals surface area contributed by atoms with Gasteiger partial charge in [-0.3, -0.25) is 4.98 Å². The molecule has 4 heteroatoms. The zero-order valence-corrected chi connectivity index (χ0v) is 42.5. The Bertz CT molecular complexity index is 4380. The second-order valence-corrected chi connectivity index (χ2v) is 21.1. The maximum atomic E-state index is 5.09. The first-order chi connectivity index (χ1) is 37.7.